The molecular formula is C31H35Cl2N3O4S. The van der Waals surface area contributed by atoms with E-state index in [-0.39, 0.29) is 39.1 Å². The number of anilines is 1. The van der Waals surface area contributed by atoms with Crippen molar-refractivity contribution < 1.29 is 18.0 Å². The molecule has 1 atom stereocenters. The number of aryl methyl sites for hydroxylation is 2. The number of halogens is 2. The van der Waals surface area contributed by atoms with Crippen molar-refractivity contribution in [1.82, 2.24) is 10.2 Å². The molecule has 218 valence electrons. The summed E-state index contributed by atoms with van der Waals surface area (Å²) >= 11 is 12.4. The summed E-state index contributed by atoms with van der Waals surface area (Å²) < 4.78 is 28.9. The lowest BCUT2D eigenvalue weighted by molar-refractivity contribution is -0.139. The number of amides is 2. The number of hydrogen-bond acceptors (Lipinski definition) is 4. The second-order valence-corrected chi connectivity index (χ2v) is 13.3. The molecule has 41 heavy (non-hydrogen) atoms. The molecule has 4 rings (SSSR count). The molecule has 0 spiro atoms. The van der Waals surface area contributed by atoms with Gasteiger partial charge in [-0.2, -0.15) is 0 Å². The van der Waals surface area contributed by atoms with Crippen molar-refractivity contribution in [1.29, 1.82) is 0 Å². The topological polar surface area (TPSA) is 86.8 Å². The van der Waals surface area contributed by atoms with Crippen molar-refractivity contribution >= 4 is 50.7 Å². The van der Waals surface area contributed by atoms with Crippen molar-refractivity contribution in [2.24, 2.45) is 0 Å². The van der Waals surface area contributed by atoms with E-state index in [9.17, 15) is 18.0 Å². The van der Waals surface area contributed by atoms with Crippen molar-refractivity contribution in [2.45, 2.75) is 70.0 Å². The number of nitrogens with one attached hydrogen (secondary N) is 1. The monoisotopic (exact) mass is 615 g/mol. The van der Waals surface area contributed by atoms with E-state index in [2.05, 4.69) is 5.32 Å². The third kappa shape index (κ3) is 7.61. The first-order valence-electron chi connectivity index (χ1n) is 13.7. The van der Waals surface area contributed by atoms with Gasteiger partial charge in [-0.1, -0.05) is 83.6 Å². The SMILES string of the molecule is Cc1ccc(CN(C(=O)CN(c2ccc(Cl)c(Cl)c2)S(=O)(=O)c2ccc(C)cc2)C(C)C(=O)NC2CCCC2)cc1. The van der Waals surface area contributed by atoms with E-state index in [0.717, 1.165) is 46.7 Å². The van der Waals surface area contributed by atoms with E-state index < -0.39 is 28.5 Å². The standard InChI is InChI=1S/C31H35Cl2N3O4S/c1-21-8-12-24(13-9-21)19-35(23(3)31(38)34-25-6-4-5-7-25)30(37)20-36(26-14-17-28(32)29(33)18-26)41(39,40)27-15-10-22(2)11-16-27/h8-18,23,25H,4-7,19-20H2,1-3H3,(H,34,38). The number of hydrogen-bond donors (Lipinski definition) is 1. The van der Waals surface area contributed by atoms with E-state index in [1.165, 1.54) is 35.2 Å². The quantitative estimate of drug-likeness (QED) is 0.291. The van der Waals surface area contributed by atoms with Gasteiger partial charge in [-0.25, -0.2) is 8.42 Å². The molecule has 3 aromatic rings. The van der Waals surface area contributed by atoms with Crippen LogP contribution < -0.4 is 9.62 Å². The highest BCUT2D eigenvalue weighted by Gasteiger charge is 2.33. The van der Waals surface area contributed by atoms with Crippen molar-refractivity contribution in [3.63, 3.8) is 0 Å². The maximum absolute atomic E-state index is 14.0. The molecule has 7 nitrogen and oxygen atoms in total. The van der Waals surface area contributed by atoms with Crippen LogP contribution >= 0.6 is 23.2 Å². The molecule has 3 aromatic carbocycles. The van der Waals surface area contributed by atoms with E-state index in [0.29, 0.717) is 0 Å². The smallest absolute Gasteiger partial charge is 0.264 e. The Kier molecular flexibility index (Phi) is 10.00. The molecule has 0 heterocycles. The molecule has 0 aliphatic heterocycles. The van der Waals surface area contributed by atoms with Crippen LogP contribution in [0.2, 0.25) is 10.0 Å². The normalized spacial score (nSPS) is 14.5. The summed E-state index contributed by atoms with van der Waals surface area (Å²) in [5, 5.41) is 3.48. The highest BCUT2D eigenvalue weighted by atomic mass is 35.5. The van der Waals surface area contributed by atoms with Gasteiger partial charge >= 0.3 is 0 Å². The zero-order valence-corrected chi connectivity index (χ0v) is 25.8. The minimum atomic E-state index is -4.19. The van der Waals surface area contributed by atoms with Crippen LogP contribution in [0.3, 0.4) is 0 Å². The fraction of sp³-hybridized carbons (Fsp3) is 0.355. The number of rotatable bonds is 10. The van der Waals surface area contributed by atoms with Gasteiger partial charge in [0.1, 0.15) is 12.6 Å². The summed E-state index contributed by atoms with van der Waals surface area (Å²) in [6.45, 7) is 5.10. The van der Waals surface area contributed by atoms with Crippen LogP contribution in [0.1, 0.15) is 49.3 Å². The van der Waals surface area contributed by atoms with E-state index in [4.69, 9.17) is 23.2 Å². The minimum Gasteiger partial charge on any atom is -0.352 e. The zero-order chi connectivity index (χ0) is 29.7. The van der Waals surface area contributed by atoms with Crippen LogP contribution in [-0.4, -0.2) is 43.8 Å². The van der Waals surface area contributed by atoms with E-state index >= 15 is 0 Å². The number of nitrogens with zero attached hydrogens (tertiary/aromatic N) is 2. The molecule has 1 aliphatic carbocycles. The third-order valence-corrected chi connectivity index (χ3v) is 9.95. The first-order valence-corrected chi connectivity index (χ1v) is 15.8. The van der Waals surface area contributed by atoms with Gasteiger partial charge in [-0.3, -0.25) is 13.9 Å². The molecule has 0 bridgehead atoms. The van der Waals surface area contributed by atoms with Gasteiger partial charge in [0.15, 0.2) is 0 Å². The summed E-state index contributed by atoms with van der Waals surface area (Å²) in [4.78, 5) is 28.8. The summed E-state index contributed by atoms with van der Waals surface area (Å²) in [5.41, 5.74) is 2.97. The Balaban J connectivity index is 1.70. The summed E-state index contributed by atoms with van der Waals surface area (Å²) in [5.74, 6) is -0.791. The van der Waals surface area contributed by atoms with Crippen LogP contribution in [0.15, 0.2) is 71.6 Å². The Labute approximate surface area is 252 Å². The van der Waals surface area contributed by atoms with Crippen LogP contribution in [0.25, 0.3) is 0 Å². The molecule has 1 saturated carbocycles. The number of carbonyl (C=O) groups excluding carboxylic acids is 2. The Hall–Kier alpha value is -3.07. The van der Waals surface area contributed by atoms with Crippen LogP contribution in [0, 0.1) is 13.8 Å². The van der Waals surface area contributed by atoms with Gasteiger partial charge in [0.2, 0.25) is 11.8 Å². The molecule has 2 amide bonds. The molecule has 1 aliphatic rings. The summed E-state index contributed by atoms with van der Waals surface area (Å²) in [6.07, 6.45) is 3.93. The van der Waals surface area contributed by atoms with Crippen molar-refractivity contribution in [3.8, 4) is 0 Å². The number of sulfonamides is 1. The molecule has 1 N–H and O–H groups in total. The van der Waals surface area contributed by atoms with Gasteiger partial charge < -0.3 is 10.2 Å². The van der Waals surface area contributed by atoms with E-state index in [1.54, 1.807) is 19.1 Å². The van der Waals surface area contributed by atoms with Gasteiger partial charge in [0.05, 0.1) is 20.6 Å². The molecule has 0 aromatic heterocycles. The van der Waals surface area contributed by atoms with Crippen molar-refractivity contribution in [3.05, 3.63) is 93.5 Å². The van der Waals surface area contributed by atoms with Gasteiger partial charge in [-0.15, -0.1) is 0 Å². The number of benzene rings is 3. The summed E-state index contributed by atoms with van der Waals surface area (Å²) in [6, 6.07) is 17.7. The first kappa shape index (κ1) is 30.9. The van der Waals surface area contributed by atoms with Gasteiger partial charge in [-0.05, 0) is 69.5 Å². The van der Waals surface area contributed by atoms with Gasteiger partial charge in [0.25, 0.3) is 10.0 Å². The minimum absolute atomic E-state index is 0.0269. The lowest BCUT2D eigenvalue weighted by Crippen LogP contribution is -2.52. The van der Waals surface area contributed by atoms with Crippen molar-refractivity contribution in [2.75, 3.05) is 10.8 Å². The Morgan fingerprint density at radius 3 is 2.07 bits per heavy atom. The van der Waals surface area contributed by atoms with Crippen LogP contribution in [0.5, 0.6) is 0 Å². The molecular weight excluding hydrogens is 581 g/mol. The molecule has 1 fully saturated rings. The van der Waals surface area contributed by atoms with Crippen LogP contribution in [0.4, 0.5) is 5.69 Å². The predicted octanol–water partition coefficient (Wildman–Crippen LogP) is 6.28. The first-order chi connectivity index (χ1) is 19.5. The average Bonchev–Trinajstić information content (AvgIpc) is 3.45. The Morgan fingerprint density at radius 1 is 0.902 bits per heavy atom. The lowest BCUT2D eigenvalue weighted by Gasteiger charge is -2.32. The van der Waals surface area contributed by atoms with Crippen LogP contribution in [-0.2, 0) is 26.2 Å². The Morgan fingerprint density at radius 2 is 1.49 bits per heavy atom. The second-order valence-electron chi connectivity index (χ2n) is 10.6. The number of carbonyl (C=O) groups is 2. The largest absolute Gasteiger partial charge is 0.352 e. The predicted molar refractivity (Wildman–Crippen MR) is 164 cm³/mol. The highest BCUT2D eigenvalue weighted by Crippen LogP contribution is 2.31. The van der Waals surface area contributed by atoms with E-state index in [1.807, 2.05) is 38.1 Å². The molecule has 0 radical (unpaired) electrons. The van der Waals surface area contributed by atoms with Gasteiger partial charge in [0, 0.05) is 12.6 Å². The average molecular weight is 617 g/mol. The lowest BCUT2D eigenvalue weighted by atomic mass is 10.1. The maximum atomic E-state index is 14.0. The molecule has 0 saturated heterocycles. The second kappa shape index (κ2) is 13.3. The molecule has 1 unspecified atom stereocenters. The summed E-state index contributed by atoms with van der Waals surface area (Å²) in [7, 11) is -4.19. The Bertz CT molecular complexity index is 1490. The zero-order valence-electron chi connectivity index (χ0n) is 23.4. The highest BCUT2D eigenvalue weighted by molar-refractivity contribution is 7.92. The third-order valence-electron chi connectivity index (χ3n) is 7.42. The fourth-order valence-corrected chi connectivity index (χ4v) is 6.57. The molecule has 10 heteroatoms. The fourth-order valence-electron chi connectivity index (χ4n) is 4.87. The maximum Gasteiger partial charge on any atom is 0.264 e.